The van der Waals surface area contributed by atoms with E-state index in [-0.39, 0.29) is 12.0 Å². The highest BCUT2D eigenvalue weighted by atomic mass is 35.5. The molecule has 3 heterocycles. The van der Waals surface area contributed by atoms with Crippen molar-refractivity contribution in [3.8, 4) is 0 Å². The Hall–Kier alpha value is -1.96. The zero-order valence-corrected chi connectivity index (χ0v) is 16.2. The number of anilines is 1. The predicted molar refractivity (Wildman–Crippen MR) is 103 cm³/mol. The summed E-state index contributed by atoms with van der Waals surface area (Å²) in [5.74, 6) is -0.158. The number of thiazole rings is 1. The second kappa shape index (κ2) is 6.98. The van der Waals surface area contributed by atoms with Crippen molar-refractivity contribution in [2.75, 3.05) is 18.1 Å². The monoisotopic (exact) mass is 390 g/mol. The van der Waals surface area contributed by atoms with E-state index in [2.05, 4.69) is 10.1 Å². The molecule has 1 amide bonds. The molecule has 1 aromatic carbocycles. The van der Waals surface area contributed by atoms with Gasteiger partial charge >= 0.3 is 0 Å². The second-order valence-electron chi connectivity index (χ2n) is 6.45. The predicted octanol–water partition coefficient (Wildman–Crippen LogP) is 3.82. The average Bonchev–Trinajstić information content (AvgIpc) is 3.33. The van der Waals surface area contributed by atoms with Crippen LogP contribution >= 0.6 is 22.9 Å². The number of ether oxygens (including phenoxy) is 1. The van der Waals surface area contributed by atoms with Crippen LogP contribution in [-0.4, -0.2) is 39.9 Å². The van der Waals surface area contributed by atoms with Crippen LogP contribution in [0.4, 0.5) is 5.13 Å². The highest BCUT2D eigenvalue weighted by molar-refractivity contribution is 7.22. The molecule has 0 bridgehead atoms. The lowest BCUT2D eigenvalue weighted by molar-refractivity contribution is 0.0913. The normalized spacial score (nSPS) is 17.1. The number of carbonyl (C=O) groups is 1. The van der Waals surface area contributed by atoms with Crippen molar-refractivity contribution in [3.63, 3.8) is 0 Å². The molecule has 1 fully saturated rings. The van der Waals surface area contributed by atoms with Crippen LogP contribution in [0.15, 0.2) is 24.3 Å². The first-order chi connectivity index (χ1) is 12.5. The van der Waals surface area contributed by atoms with Crippen LogP contribution in [0, 0.1) is 6.92 Å². The fourth-order valence-electron chi connectivity index (χ4n) is 3.04. The first-order valence-corrected chi connectivity index (χ1v) is 9.71. The van der Waals surface area contributed by atoms with Gasteiger partial charge < -0.3 is 4.74 Å². The number of amides is 1. The minimum absolute atomic E-state index is 0.0272. The Morgan fingerprint density at radius 2 is 2.31 bits per heavy atom. The third-order valence-electron chi connectivity index (χ3n) is 4.56. The molecule has 1 atom stereocenters. The molecule has 1 aliphatic heterocycles. The highest BCUT2D eigenvalue weighted by Gasteiger charge is 2.28. The standard InChI is InChI=1S/C18H19ClN4O2S/c1-11-8-15(21-22(11)2)17(24)23(10-13-4-3-7-25-13)18-20-14-6-5-12(19)9-16(14)26-18/h5-6,8-9,13H,3-4,7,10H2,1-2H3. The molecule has 0 saturated carbocycles. The molecule has 1 aliphatic rings. The van der Waals surface area contributed by atoms with E-state index in [1.54, 1.807) is 15.6 Å². The zero-order chi connectivity index (χ0) is 18.3. The molecule has 0 aliphatic carbocycles. The van der Waals surface area contributed by atoms with Gasteiger partial charge in [0.1, 0.15) is 0 Å². The summed E-state index contributed by atoms with van der Waals surface area (Å²) in [4.78, 5) is 19.5. The Balaban J connectivity index is 1.72. The second-order valence-corrected chi connectivity index (χ2v) is 7.90. The zero-order valence-electron chi connectivity index (χ0n) is 14.6. The van der Waals surface area contributed by atoms with Gasteiger partial charge in [0.05, 0.1) is 22.9 Å². The fraction of sp³-hybridized carbons (Fsp3) is 0.389. The number of benzene rings is 1. The summed E-state index contributed by atoms with van der Waals surface area (Å²) in [5, 5.41) is 5.64. The fourth-order valence-corrected chi connectivity index (χ4v) is 4.29. The lowest BCUT2D eigenvalue weighted by Crippen LogP contribution is -2.37. The van der Waals surface area contributed by atoms with Crippen LogP contribution in [0.3, 0.4) is 0 Å². The molecule has 6 nitrogen and oxygen atoms in total. The van der Waals surface area contributed by atoms with Gasteiger partial charge in [0.15, 0.2) is 10.8 Å². The van der Waals surface area contributed by atoms with Crippen molar-refractivity contribution in [1.82, 2.24) is 14.8 Å². The molecule has 3 aromatic rings. The summed E-state index contributed by atoms with van der Waals surface area (Å²) in [6.45, 7) is 3.14. The number of rotatable bonds is 4. The maximum atomic E-state index is 13.2. The molecule has 26 heavy (non-hydrogen) atoms. The summed E-state index contributed by atoms with van der Waals surface area (Å²) in [7, 11) is 1.83. The average molecular weight is 391 g/mol. The van der Waals surface area contributed by atoms with Crippen molar-refractivity contribution in [1.29, 1.82) is 0 Å². The topological polar surface area (TPSA) is 60.3 Å². The highest BCUT2D eigenvalue weighted by Crippen LogP contribution is 2.32. The van der Waals surface area contributed by atoms with E-state index in [1.165, 1.54) is 11.3 Å². The molecule has 1 unspecified atom stereocenters. The van der Waals surface area contributed by atoms with Gasteiger partial charge in [0, 0.05) is 24.4 Å². The molecule has 0 radical (unpaired) electrons. The number of aryl methyl sites for hydroxylation is 2. The van der Waals surface area contributed by atoms with Gasteiger partial charge in [-0.25, -0.2) is 4.98 Å². The third-order valence-corrected chi connectivity index (χ3v) is 5.83. The van der Waals surface area contributed by atoms with Crippen LogP contribution in [0.25, 0.3) is 10.2 Å². The minimum atomic E-state index is -0.158. The number of nitrogens with zero attached hydrogens (tertiary/aromatic N) is 4. The van der Waals surface area contributed by atoms with E-state index in [0.29, 0.717) is 22.4 Å². The maximum Gasteiger partial charge on any atom is 0.280 e. The first-order valence-electron chi connectivity index (χ1n) is 8.51. The molecule has 2 aromatic heterocycles. The van der Waals surface area contributed by atoms with Crippen LogP contribution < -0.4 is 4.90 Å². The number of fused-ring (bicyclic) bond motifs is 1. The van der Waals surface area contributed by atoms with Crippen molar-refractivity contribution in [2.24, 2.45) is 7.05 Å². The van der Waals surface area contributed by atoms with E-state index in [1.807, 2.05) is 32.2 Å². The van der Waals surface area contributed by atoms with Crippen molar-refractivity contribution >= 4 is 44.2 Å². The Bertz CT molecular complexity index is 942. The Morgan fingerprint density at radius 1 is 1.46 bits per heavy atom. The van der Waals surface area contributed by atoms with Gasteiger partial charge in [0.25, 0.3) is 5.91 Å². The number of halogens is 1. The Labute approximate surface area is 160 Å². The molecular formula is C18H19ClN4O2S. The van der Waals surface area contributed by atoms with E-state index < -0.39 is 0 Å². The van der Waals surface area contributed by atoms with Crippen LogP contribution in [-0.2, 0) is 11.8 Å². The molecule has 0 N–H and O–H groups in total. The maximum absolute atomic E-state index is 13.2. The van der Waals surface area contributed by atoms with Gasteiger partial charge in [-0.05, 0) is 44.0 Å². The summed E-state index contributed by atoms with van der Waals surface area (Å²) in [6.07, 6.45) is 1.99. The van der Waals surface area contributed by atoms with E-state index in [9.17, 15) is 4.79 Å². The lowest BCUT2D eigenvalue weighted by Gasteiger charge is -2.22. The number of aromatic nitrogens is 3. The van der Waals surface area contributed by atoms with Crippen LogP contribution in [0.5, 0.6) is 0 Å². The quantitative estimate of drug-likeness (QED) is 0.679. The van der Waals surface area contributed by atoms with E-state index in [0.717, 1.165) is 35.4 Å². The van der Waals surface area contributed by atoms with Gasteiger partial charge in [-0.3, -0.25) is 14.4 Å². The molecule has 0 spiro atoms. The number of carbonyl (C=O) groups excluding carboxylic acids is 1. The van der Waals surface area contributed by atoms with Crippen molar-refractivity contribution in [2.45, 2.75) is 25.9 Å². The summed E-state index contributed by atoms with van der Waals surface area (Å²) in [5.41, 5.74) is 2.18. The Kier molecular flexibility index (Phi) is 4.69. The lowest BCUT2D eigenvalue weighted by atomic mass is 10.2. The SMILES string of the molecule is Cc1cc(C(=O)N(CC2CCCO2)c2nc3ccc(Cl)cc3s2)nn1C. The largest absolute Gasteiger partial charge is 0.376 e. The number of hydrogen-bond donors (Lipinski definition) is 0. The van der Waals surface area contributed by atoms with Gasteiger partial charge in [0.2, 0.25) is 0 Å². The first kappa shape index (κ1) is 17.5. The van der Waals surface area contributed by atoms with Gasteiger partial charge in [-0.2, -0.15) is 5.10 Å². The van der Waals surface area contributed by atoms with E-state index >= 15 is 0 Å². The van der Waals surface area contributed by atoms with Crippen molar-refractivity contribution in [3.05, 3.63) is 40.7 Å². The van der Waals surface area contributed by atoms with Crippen LogP contribution in [0.1, 0.15) is 29.0 Å². The summed E-state index contributed by atoms with van der Waals surface area (Å²) in [6, 6.07) is 7.35. The molecular weight excluding hydrogens is 372 g/mol. The van der Waals surface area contributed by atoms with Gasteiger partial charge in [-0.15, -0.1) is 0 Å². The molecule has 1 saturated heterocycles. The number of hydrogen-bond acceptors (Lipinski definition) is 5. The molecule has 8 heteroatoms. The summed E-state index contributed by atoms with van der Waals surface area (Å²) < 4.78 is 8.41. The summed E-state index contributed by atoms with van der Waals surface area (Å²) >= 11 is 7.55. The van der Waals surface area contributed by atoms with Gasteiger partial charge in [-0.1, -0.05) is 22.9 Å². The van der Waals surface area contributed by atoms with Crippen LogP contribution in [0.2, 0.25) is 5.02 Å². The molecule has 4 rings (SSSR count). The molecule has 136 valence electrons. The third kappa shape index (κ3) is 3.34. The Morgan fingerprint density at radius 3 is 3.00 bits per heavy atom. The van der Waals surface area contributed by atoms with Crippen molar-refractivity contribution < 1.29 is 9.53 Å². The minimum Gasteiger partial charge on any atom is -0.376 e. The van der Waals surface area contributed by atoms with E-state index in [4.69, 9.17) is 16.3 Å². The smallest absolute Gasteiger partial charge is 0.280 e.